The molecule has 0 unspecified atom stereocenters. The topological polar surface area (TPSA) is 42.7 Å². The second kappa shape index (κ2) is 7.28. The molecule has 5 nitrogen and oxygen atoms in total. The van der Waals surface area contributed by atoms with Gasteiger partial charge in [0, 0.05) is 31.5 Å². The van der Waals surface area contributed by atoms with Crippen molar-refractivity contribution in [3.63, 3.8) is 0 Å². The zero-order valence-corrected chi connectivity index (χ0v) is 15.0. The van der Waals surface area contributed by atoms with Crippen LogP contribution < -0.4 is 0 Å². The highest BCUT2D eigenvalue weighted by Crippen LogP contribution is 2.29. The Hall–Kier alpha value is -1.69. The largest absolute Gasteiger partial charge is 0.381 e. The molecule has 136 valence electrons. The summed E-state index contributed by atoms with van der Waals surface area (Å²) in [5.74, 6) is 0.692. The standard InChI is InChI=1S/C19H27FN4O/c1-14-21-11-18(24(14)16-7-9-25-10-8-16)19-17(20)12-23(13-22-19)15-5-3-2-4-6-15/h11-12,15-16H,2-10,13H2,1H3. The quantitative estimate of drug-likeness (QED) is 0.837. The molecule has 0 radical (unpaired) electrons. The molecular weight excluding hydrogens is 319 g/mol. The predicted molar refractivity (Wildman–Crippen MR) is 95.4 cm³/mol. The average Bonchev–Trinajstić information content (AvgIpc) is 3.04. The van der Waals surface area contributed by atoms with Crippen LogP contribution in [0.1, 0.15) is 62.5 Å². The Balaban J connectivity index is 1.56. The molecule has 0 aromatic carbocycles. The van der Waals surface area contributed by atoms with E-state index >= 15 is 0 Å². The lowest BCUT2D eigenvalue weighted by Gasteiger charge is -2.34. The smallest absolute Gasteiger partial charge is 0.166 e. The molecule has 0 bridgehead atoms. The van der Waals surface area contributed by atoms with Crippen molar-refractivity contribution < 1.29 is 9.13 Å². The van der Waals surface area contributed by atoms with Gasteiger partial charge < -0.3 is 14.2 Å². The van der Waals surface area contributed by atoms with E-state index in [1.165, 1.54) is 19.3 Å². The van der Waals surface area contributed by atoms with Gasteiger partial charge in [0.2, 0.25) is 0 Å². The Bertz CT molecular complexity index is 669. The fraction of sp³-hybridized carbons (Fsp3) is 0.684. The minimum Gasteiger partial charge on any atom is -0.381 e. The maximum absolute atomic E-state index is 14.9. The van der Waals surface area contributed by atoms with Crippen molar-refractivity contribution in [3.8, 4) is 0 Å². The molecule has 0 amide bonds. The maximum Gasteiger partial charge on any atom is 0.166 e. The van der Waals surface area contributed by atoms with Crippen molar-refractivity contribution in [2.75, 3.05) is 19.9 Å². The molecule has 2 aliphatic heterocycles. The molecule has 0 spiro atoms. The summed E-state index contributed by atoms with van der Waals surface area (Å²) in [4.78, 5) is 11.1. The van der Waals surface area contributed by atoms with Crippen LogP contribution in [0.5, 0.6) is 0 Å². The highest BCUT2D eigenvalue weighted by molar-refractivity contribution is 6.10. The van der Waals surface area contributed by atoms with E-state index < -0.39 is 0 Å². The van der Waals surface area contributed by atoms with Gasteiger partial charge in [-0.2, -0.15) is 0 Å². The molecular formula is C19H27FN4O. The third-order valence-corrected chi connectivity index (χ3v) is 5.72. The third kappa shape index (κ3) is 3.36. The second-order valence-corrected chi connectivity index (χ2v) is 7.34. The minimum atomic E-state index is -0.231. The number of imidazole rings is 1. The lowest BCUT2D eigenvalue weighted by Crippen LogP contribution is -2.36. The first-order valence-corrected chi connectivity index (χ1v) is 9.54. The summed E-state index contributed by atoms with van der Waals surface area (Å²) in [6.45, 7) is 4.04. The normalized spacial score (nSPS) is 23.5. The Kier molecular flexibility index (Phi) is 4.88. The van der Waals surface area contributed by atoms with Gasteiger partial charge in [-0.1, -0.05) is 19.3 Å². The maximum atomic E-state index is 14.9. The van der Waals surface area contributed by atoms with Crippen molar-refractivity contribution in [2.45, 2.75) is 64.0 Å². The van der Waals surface area contributed by atoms with Gasteiger partial charge in [0.15, 0.2) is 5.83 Å². The number of aliphatic imine (C=N–C) groups is 1. The number of aryl methyl sites for hydroxylation is 1. The van der Waals surface area contributed by atoms with Gasteiger partial charge in [-0.15, -0.1) is 0 Å². The van der Waals surface area contributed by atoms with Crippen molar-refractivity contribution in [2.24, 2.45) is 4.99 Å². The number of aromatic nitrogens is 2. The van der Waals surface area contributed by atoms with E-state index in [-0.39, 0.29) is 5.83 Å². The van der Waals surface area contributed by atoms with E-state index in [1.54, 1.807) is 12.4 Å². The van der Waals surface area contributed by atoms with Crippen LogP contribution in [-0.4, -0.2) is 46.1 Å². The summed E-state index contributed by atoms with van der Waals surface area (Å²) < 4.78 is 22.5. The number of hydrogen-bond acceptors (Lipinski definition) is 4. The van der Waals surface area contributed by atoms with Crippen LogP contribution in [0.25, 0.3) is 0 Å². The fourth-order valence-electron chi connectivity index (χ4n) is 4.35. The molecule has 2 fully saturated rings. The third-order valence-electron chi connectivity index (χ3n) is 5.72. The number of allylic oxidation sites excluding steroid dienone is 1. The number of rotatable bonds is 3. The molecule has 1 aromatic heterocycles. The zero-order chi connectivity index (χ0) is 17.2. The van der Waals surface area contributed by atoms with Crippen LogP contribution >= 0.6 is 0 Å². The molecule has 25 heavy (non-hydrogen) atoms. The molecule has 6 heteroatoms. The van der Waals surface area contributed by atoms with E-state index in [2.05, 4.69) is 19.4 Å². The Morgan fingerprint density at radius 1 is 1.08 bits per heavy atom. The monoisotopic (exact) mass is 346 g/mol. The molecule has 3 aliphatic rings. The first kappa shape index (κ1) is 16.8. The number of hydrogen-bond donors (Lipinski definition) is 0. The van der Waals surface area contributed by atoms with E-state index in [9.17, 15) is 4.39 Å². The van der Waals surface area contributed by atoms with Gasteiger partial charge >= 0.3 is 0 Å². The number of nitrogens with zero attached hydrogens (tertiary/aromatic N) is 4. The average molecular weight is 346 g/mol. The molecule has 3 heterocycles. The molecule has 0 atom stereocenters. The van der Waals surface area contributed by atoms with Gasteiger partial charge in [0.1, 0.15) is 18.2 Å². The van der Waals surface area contributed by atoms with Crippen LogP contribution in [0.15, 0.2) is 23.2 Å². The Labute approximate surface area is 148 Å². The highest BCUT2D eigenvalue weighted by atomic mass is 19.1. The summed E-state index contributed by atoms with van der Waals surface area (Å²) in [6.07, 6.45) is 11.4. The van der Waals surface area contributed by atoms with Crippen molar-refractivity contribution in [1.82, 2.24) is 14.5 Å². The Morgan fingerprint density at radius 3 is 2.56 bits per heavy atom. The predicted octanol–water partition coefficient (Wildman–Crippen LogP) is 3.75. The lowest BCUT2D eigenvalue weighted by molar-refractivity contribution is 0.0689. The molecule has 1 saturated heterocycles. The molecule has 1 aliphatic carbocycles. The van der Waals surface area contributed by atoms with Crippen LogP contribution in [0.3, 0.4) is 0 Å². The number of halogens is 1. The molecule has 1 aromatic rings. The van der Waals surface area contributed by atoms with Gasteiger partial charge in [-0.3, -0.25) is 4.99 Å². The van der Waals surface area contributed by atoms with Gasteiger partial charge in [-0.05, 0) is 32.6 Å². The fourth-order valence-corrected chi connectivity index (χ4v) is 4.35. The molecule has 4 rings (SSSR count). The lowest BCUT2D eigenvalue weighted by atomic mass is 9.94. The van der Waals surface area contributed by atoms with Crippen molar-refractivity contribution in [1.29, 1.82) is 0 Å². The highest BCUT2D eigenvalue weighted by Gasteiger charge is 2.28. The number of ether oxygens (including phenoxy) is 1. The van der Waals surface area contributed by atoms with Crippen molar-refractivity contribution >= 4 is 5.71 Å². The molecule has 0 N–H and O–H groups in total. The van der Waals surface area contributed by atoms with Gasteiger partial charge in [-0.25, -0.2) is 9.37 Å². The van der Waals surface area contributed by atoms with Crippen molar-refractivity contribution in [3.05, 3.63) is 29.7 Å². The first-order valence-electron chi connectivity index (χ1n) is 9.54. The van der Waals surface area contributed by atoms with Gasteiger partial charge in [0.05, 0.1) is 11.9 Å². The molecule has 1 saturated carbocycles. The second-order valence-electron chi connectivity index (χ2n) is 7.34. The summed E-state index contributed by atoms with van der Waals surface area (Å²) in [5, 5.41) is 0. The summed E-state index contributed by atoms with van der Waals surface area (Å²) >= 11 is 0. The van der Waals surface area contributed by atoms with Crippen LogP contribution in [0.4, 0.5) is 4.39 Å². The summed E-state index contributed by atoms with van der Waals surface area (Å²) in [6, 6.07) is 0.755. The van der Waals surface area contributed by atoms with E-state index in [4.69, 9.17) is 4.74 Å². The van der Waals surface area contributed by atoms with Crippen LogP contribution in [0.2, 0.25) is 0 Å². The SMILES string of the molecule is Cc1ncc(C2=NCN(C3CCCCC3)C=C2F)n1C1CCOCC1. The summed E-state index contributed by atoms with van der Waals surface area (Å²) in [5.41, 5.74) is 1.26. The van der Waals surface area contributed by atoms with E-state index in [0.29, 0.717) is 24.5 Å². The van der Waals surface area contributed by atoms with Crippen LogP contribution in [-0.2, 0) is 4.74 Å². The minimum absolute atomic E-state index is 0.231. The summed E-state index contributed by atoms with van der Waals surface area (Å²) in [7, 11) is 0. The van der Waals surface area contributed by atoms with Gasteiger partial charge in [0.25, 0.3) is 0 Å². The van der Waals surface area contributed by atoms with E-state index in [0.717, 1.165) is 50.4 Å². The van der Waals surface area contributed by atoms with Crippen LogP contribution in [0, 0.1) is 6.92 Å². The van der Waals surface area contributed by atoms with E-state index in [1.807, 2.05) is 6.92 Å². The zero-order valence-electron chi connectivity index (χ0n) is 15.0. The Morgan fingerprint density at radius 2 is 1.84 bits per heavy atom. The first-order chi connectivity index (χ1) is 12.2.